The van der Waals surface area contributed by atoms with Crippen LogP contribution in [0.1, 0.15) is 13.4 Å². The topological polar surface area (TPSA) is 153 Å². The Kier molecular flexibility index (Phi) is 9.04. The van der Waals surface area contributed by atoms with Crippen molar-refractivity contribution < 1.29 is 64.8 Å². The van der Waals surface area contributed by atoms with E-state index in [1.165, 1.54) is 16.7 Å². The summed E-state index contributed by atoms with van der Waals surface area (Å²) in [4.78, 5) is 58.1. The van der Waals surface area contributed by atoms with Gasteiger partial charge in [0.25, 0.3) is 11.1 Å². The summed E-state index contributed by atoms with van der Waals surface area (Å²) in [6.45, 7) is 0.851. The minimum Gasteiger partial charge on any atom is -1.00 e. The summed E-state index contributed by atoms with van der Waals surface area (Å²) < 4.78 is 5.61. The third-order valence-corrected chi connectivity index (χ3v) is 9.12. The van der Waals surface area contributed by atoms with E-state index in [1.807, 2.05) is 12.1 Å². The van der Waals surface area contributed by atoms with E-state index in [2.05, 4.69) is 10.3 Å². The van der Waals surface area contributed by atoms with Crippen LogP contribution in [0.5, 0.6) is 5.75 Å². The smallest absolute Gasteiger partial charge is 1.00 e. The number of rotatable bonds is 8. The molecule has 0 bridgehead atoms. The zero-order valence-electron chi connectivity index (χ0n) is 23.5. The molecule has 6 rings (SSSR count). The van der Waals surface area contributed by atoms with Gasteiger partial charge in [0.15, 0.2) is 5.58 Å². The number of para-hydroxylation sites is 2. The molecule has 3 amide bonds. The van der Waals surface area contributed by atoms with Gasteiger partial charge in [0.2, 0.25) is 11.8 Å². The normalized spacial score (nSPS) is 20.9. The van der Waals surface area contributed by atoms with E-state index in [-0.39, 0.29) is 59.8 Å². The molecule has 0 radical (unpaired) electrons. The van der Waals surface area contributed by atoms with Gasteiger partial charge in [0.05, 0.1) is 5.75 Å². The minimum absolute atomic E-state index is 0. The number of fused-ring (bicyclic) bond motifs is 2. The summed E-state index contributed by atoms with van der Waals surface area (Å²) >= 11 is 2.45. The molecule has 0 saturated carbocycles. The molecule has 4 heterocycles. The van der Waals surface area contributed by atoms with Gasteiger partial charge in [-0.2, -0.15) is 0 Å². The largest absolute Gasteiger partial charge is 1.00 e. The predicted octanol–water partition coefficient (Wildman–Crippen LogP) is -0.160. The number of nitrogens with zero attached hydrogens (tertiary/aromatic N) is 3. The Balaban J connectivity index is 0.00000212. The molecule has 1 aromatic heterocycles. The molecule has 0 aliphatic carbocycles. The van der Waals surface area contributed by atoms with E-state index < -0.39 is 29.2 Å². The third-order valence-electron chi connectivity index (χ3n) is 6.99. The maximum absolute atomic E-state index is 13.0. The van der Waals surface area contributed by atoms with Crippen molar-refractivity contribution in [3.8, 4) is 5.75 Å². The van der Waals surface area contributed by atoms with Crippen molar-refractivity contribution in [1.29, 1.82) is 0 Å². The van der Waals surface area contributed by atoms with Gasteiger partial charge in [-0.15, -0.1) is 11.8 Å². The number of carbonyl (C=O) groups excluding carboxylic acids is 3. The van der Waals surface area contributed by atoms with E-state index in [9.17, 15) is 29.4 Å². The van der Waals surface area contributed by atoms with Gasteiger partial charge in [0, 0.05) is 24.4 Å². The monoisotopic (exact) mass is 616 g/mol. The van der Waals surface area contributed by atoms with E-state index in [1.54, 1.807) is 47.4 Å². The first-order valence-electron chi connectivity index (χ1n) is 12.7. The summed E-state index contributed by atoms with van der Waals surface area (Å²) in [6, 6.07) is 13.0. The van der Waals surface area contributed by atoms with Crippen LogP contribution < -0.4 is 34.9 Å². The van der Waals surface area contributed by atoms with Gasteiger partial charge in [-0.05, 0) is 47.9 Å². The number of aliphatic carboxylic acids is 1. The molecule has 42 heavy (non-hydrogen) atoms. The van der Waals surface area contributed by atoms with Gasteiger partial charge in [-0.1, -0.05) is 36.0 Å². The number of allylic oxidation sites excluding steroid dienone is 1. The fraction of sp³-hybridized carbons (Fsp3) is 0.250. The summed E-state index contributed by atoms with van der Waals surface area (Å²) in [5.74, 6) is -1.97. The zero-order chi connectivity index (χ0) is 28.7. The van der Waals surface area contributed by atoms with E-state index in [4.69, 9.17) is 4.42 Å². The fourth-order valence-electron chi connectivity index (χ4n) is 4.99. The molecule has 2 aromatic carbocycles. The van der Waals surface area contributed by atoms with Crippen LogP contribution in [0.4, 0.5) is 0 Å². The Hall–Kier alpha value is -3.23. The number of carboxylic acid groups (broad SMARTS) is 1. The number of thioether (sulfide) groups is 2. The molecule has 2 saturated heterocycles. The van der Waals surface area contributed by atoms with Gasteiger partial charge in [-0.25, -0.2) is 9.78 Å². The Morgan fingerprint density at radius 1 is 1.19 bits per heavy atom. The van der Waals surface area contributed by atoms with Crippen molar-refractivity contribution in [3.05, 3.63) is 77.0 Å². The molecule has 0 spiro atoms. The van der Waals surface area contributed by atoms with E-state index >= 15 is 0 Å². The van der Waals surface area contributed by atoms with Crippen molar-refractivity contribution in [2.45, 2.75) is 29.6 Å². The number of hydrogen-bond donors (Lipinski definition) is 3. The second-order valence-corrected chi connectivity index (χ2v) is 11.7. The maximum Gasteiger partial charge on any atom is 1.00 e. The number of phenolic OH excluding ortho intramolecular Hbond substituents is 1. The first kappa shape index (κ1) is 30.2. The number of carboxylic acids is 1. The van der Waals surface area contributed by atoms with Crippen LogP contribution in [-0.4, -0.2) is 78.2 Å². The van der Waals surface area contributed by atoms with Crippen LogP contribution >= 0.6 is 23.5 Å². The number of aromatic hydroxyl groups is 1. The standard InChI is InChI=1S/C28H24N4O7S2.Na.H/c33-18-7-5-15(6-8-18)12-31-10-9-16(24(31)35)11-17-13-40-26-22(25(36)32(26)23(17)27(37)38)30-21(34)14-41-28-29-19-3-1-2-4-20(19)39-28;;/h1-8,11,22,26,33H,9-10,12-14H2,(H,30,34)(H,37,38);;/q;+1;-1/b16-11+;;/t22-,26-;;/m1../s1. The number of hydrogen-bond acceptors (Lipinski definition) is 9. The summed E-state index contributed by atoms with van der Waals surface area (Å²) in [5.41, 5.74) is 2.86. The molecule has 3 aliphatic heterocycles. The third kappa shape index (κ3) is 5.97. The van der Waals surface area contributed by atoms with Crippen LogP contribution in [0.3, 0.4) is 0 Å². The number of nitrogens with one attached hydrogen (secondary N) is 1. The van der Waals surface area contributed by atoms with Crippen molar-refractivity contribution in [2.24, 2.45) is 0 Å². The molecule has 11 nitrogen and oxygen atoms in total. The Morgan fingerprint density at radius 3 is 2.69 bits per heavy atom. The maximum atomic E-state index is 13.0. The molecular formula is C28H25N4NaO7S2. The number of benzene rings is 2. The summed E-state index contributed by atoms with van der Waals surface area (Å²) in [6.07, 6.45) is 2.04. The first-order chi connectivity index (χ1) is 19.8. The van der Waals surface area contributed by atoms with Crippen LogP contribution in [0.15, 0.2) is 81.1 Å². The zero-order valence-corrected chi connectivity index (χ0v) is 26.1. The quantitative estimate of drug-likeness (QED) is 0.135. The average molecular weight is 617 g/mol. The van der Waals surface area contributed by atoms with Crippen molar-refractivity contribution in [1.82, 2.24) is 20.1 Å². The van der Waals surface area contributed by atoms with Crippen molar-refractivity contribution >= 4 is 58.3 Å². The van der Waals surface area contributed by atoms with E-state index in [0.717, 1.165) is 17.3 Å². The molecular weight excluding hydrogens is 591 g/mol. The number of aromatic nitrogens is 1. The Labute approximate surface area is 272 Å². The molecule has 3 aliphatic rings. The van der Waals surface area contributed by atoms with Crippen LogP contribution in [0, 0.1) is 0 Å². The molecule has 2 fully saturated rings. The molecule has 0 unspecified atom stereocenters. The van der Waals surface area contributed by atoms with Gasteiger partial charge in [0.1, 0.15) is 28.4 Å². The van der Waals surface area contributed by atoms with Crippen molar-refractivity contribution in [3.63, 3.8) is 0 Å². The Morgan fingerprint density at radius 2 is 1.95 bits per heavy atom. The number of β-lactam (4-membered cyclic amide) rings is 1. The van der Waals surface area contributed by atoms with Crippen LogP contribution in [0.2, 0.25) is 0 Å². The average Bonchev–Trinajstić information content (AvgIpc) is 3.54. The summed E-state index contributed by atoms with van der Waals surface area (Å²) in [7, 11) is 0. The number of likely N-dealkylation sites (tertiary alicyclic amines) is 1. The van der Waals surface area contributed by atoms with Gasteiger partial charge in [-0.3, -0.25) is 19.3 Å². The molecule has 212 valence electrons. The van der Waals surface area contributed by atoms with Crippen LogP contribution in [0.25, 0.3) is 11.1 Å². The second kappa shape index (κ2) is 12.6. The summed E-state index contributed by atoms with van der Waals surface area (Å²) in [5, 5.41) is 21.9. The predicted molar refractivity (Wildman–Crippen MR) is 152 cm³/mol. The number of carbonyl (C=O) groups is 4. The number of amides is 3. The second-order valence-electron chi connectivity index (χ2n) is 9.68. The minimum atomic E-state index is -1.27. The fourth-order valence-corrected chi connectivity index (χ4v) is 6.95. The molecule has 2 atom stereocenters. The van der Waals surface area contributed by atoms with Gasteiger partial charge >= 0.3 is 35.5 Å². The Bertz CT molecular complexity index is 1610. The molecule has 14 heteroatoms. The number of oxazole rings is 1. The van der Waals surface area contributed by atoms with Crippen LogP contribution in [-0.2, 0) is 25.7 Å². The molecule has 3 aromatic rings. The SMILES string of the molecule is O=C(CSc1nc2ccccc2o1)N[C@@H]1C(=O)N2C(C(=O)O)=C(/C=C3\CCN(Cc4ccc(O)cc4)C3=O)CS[C@H]12.[H-].[Na+]. The van der Waals surface area contributed by atoms with E-state index in [0.29, 0.717) is 47.0 Å². The molecule has 3 N–H and O–H groups in total. The van der Waals surface area contributed by atoms with Gasteiger partial charge < -0.3 is 26.3 Å². The van der Waals surface area contributed by atoms with Crippen molar-refractivity contribution in [2.75, 3.05) is 18.1 Å². The number of phenols is 1. The first-order valence-corrected chi connectivity index (χ1v) is 14.8.